The van der Waals surface area contributed by atoms with Gasteiger partial charge in [0.15, 0.2) is 5.69 Å². The molecule has 1 aliphatic heterocycles. The molecule has 3 heterocycles. The predicted octanol–water partition coefficient (Wildman–Crippen LogP) is 0.589. The normalized spacial score (nSPS) is 16.2. The molecule has 106 valence electrons. The topological polar surface area (TPSA) is 84.7 Å². The molecule has 2 N–H and O–H groups in total. The third-order valence-electron chi connectivity index (χ3n) is 3.33. The second kappa shape index (κ2) is 6.10. The molecule has 1 fully saturated rings. The summed E-state index contributed by atoms with van der Waals surface area (Å²) >= 11 is 1.51. The summed E-state index contributed by atoms with van der Waals surface area (Å²) in [7, 11) is 0. The highest BCUT2D eigenvalue weighted by Crippen LogP contribution is 2.17. The third kappa shape index (κ3) is 3.02. The molecule has 0 unspecified atom stereocenters. The lowest BCUT2D eigenvalue weighted by Crippen LogP contribution is -2.29. The maximum absolute atomic E-state index is 12.0. The number of carbonyl (C=O) groups excluding carboxylic acids is 1. The number of aromatic nitrogens is 4. The number of carbonyl (C=O) groups is 1. The summed E-state index contributed by atoms with van der Waals surface area (Å²) in [6.45, 7) is 2.44. The van der Waals surface area contributed by atoms with Crippen LogP contribution in [0.1, 0.15) is 34.2 Å². The fourth-order valence-corrected chi connectivity index (χ4v) is 2.75. The van der Waals surface area contributed by atoms with E-state index in [1.54, 1.807) is 17.9 Å². The zero-order valence-electron chi connectivity index (χ0n) is 11.0. The standard InChI is InChI=1S/C12H16N6OS/c19-12(15-6-10-5-14-8-20-10)11-7-18(17-16-11)9-1-3-13-4-2-9/h5,7-9,13H,1-4,6H2,(H,15,19). The fourth-order valence-electron chi connectivity index (χ4n) is 2.22. The van der Waals surface area contributed by atoms with Crippen molar-refractivity contribution in [3.05, 3.63) is 28.5 Å². The van der Waals surface area contributed by atoms with Gasteiger partial charge >= 0.3 is 0 Å². The molecule has 0 atom stereocenters. The van der Waals surface area contributed by atoms with Gasteiger partial charge in [0, 0.05) is 11.1 Å². The molecule has 1 saturated heterocycles. The van der Waals surface area contributed by atoms with E-state index < -0.39 is 0 Å². The molecule has 0 radical (unpaired) electrons. The number of hydrogen-bond donors (Lipinski definition) is 2. The van der Waals surface area contributed by atoms with Gasteiger partial charge in [-0.15, -0.1) is 16.4 Å². The number of thiazole rings is 1. The molecule has 3 rings (SSSR count). The monoisotopic (exact) mass is 292 g/mol. The van der Waals surface area contributed by atoms with E-state index in [0.717, 1.165) is 30.8 Å². The molecule has 2 aromatic rings. The lowest BCUT2D eigenvalue weighted by atomic mass is 10.1. The van der Waals surface area contributed by atoms with Crippen LogP contribution in [0.15, 0.2) is 17.9 Å². The van der Waals surface area contributed by atoms with Crippen molar-refractivity contribution in [2.75, 3.05) is 13.1 Å². The fraction of sp³-hybridized carbons (Fsp3) is 0.500. The Kier molecular flexibility index (Phi) is 4.03. The SMILES string of the molecule is O=C(NCc1cncs1)c1cn(C2CCNCC2)nn1. The van der Waals surface area contributed by atoms with Gasteiger partial charge in [-0.2, -0.15) is 0 Å². The Bertz CT molecular complexity index is 560. The molecule has 2 aromatic heterocycles. The molecule has 0 spiro atoms. The first kappa shape index (κ1) is 13.2. The number of amides is 1. The Morgan fingerprint density at radius 3 is 3.10 bits per heavy atom. The van der Waals surface area contributed by atoms with Gasteiger partial charge in [-0.05, 0) is 25.9 Å². The van der Waals surface area contributed by atoms with Crippen LogP contribution < -0.4 is 10.6 Å². The average Bonchev–Trinajstić information content (AvgIpc) is 3.17. The summed E-state index contributed by atoms with van der Waals surface area (Å²) < 4.78 is 1.81. The highest BCUT2D eigenvalue weighted by Gasteiger charge is 2.18. The summed E-state index contributed by atoms with van der Waals surface area (Å²) in [4.78, 5) is 17.0. The van der Waals surface area contributed by atoms with Crippen molar-refractivity contribution >= 4 is 17.2 Å². The van der Waals surface area contributed by atoms with Gasteiger partial charge in [-0.1, -0.05) is 5.21 Å². The minimum Gasteiger partial charge on any atom is -0.346 e. The maximum atomic E-state index is 12.0. The van der Waals surface area contributed by atoms with Crippen LogP contribution in [0.2, 0.25) is 0 Å². The Balaban J connectivity index is 1.59. The van der Waals surface area contributed by atoms with Crippen molar-refractivity contribution in [2.45, 2.75) is 25.4 Å². The van der Waals surface area contributed by atoms with E-state index in [0.29, 0.717) is 18.3 Å². The number of piperidine rings is 1. The van der Waals surface area contributed by atoms with Crippen molar-refractivity contribution < 1.29 is 4.79 Å². The van der Waals surface area contributed by atoms with Gasteiger partial charge < -0.3 is 10.6 Å². The van der Waals surface area contributed by atoms with E-state index in [4.69, 9.17) is 0 Å². The predicted molar refractivity (Wildman–Crippen MR) is 74.4 cm³/mol. The summed E-state index contributed by atoms with van der Waals surface area (Å²) in [6, 6.07) is 0.340. The van der Waals surface area contributed by atoms with E-state index in [1.807, 2.05) is 4.68 Å². The molecule has 1 amide bonds. The van der Waals surface area contributed by atoms with Gasteiger partial charge in [0.2, 0.25) is 0 Å². The Morgan fingerprint density at radius 1 is 1.50 bits per heavy atom. The van der Waals surface area contributed by atoms with Crippen molar-refractivity contribution in [3.8, 4) is 0 Å². The number of rotatable bonds is 4. The van der Waals surface area contributed by atoms with Crippen LogP contribution >= 0.6 is 11.3 Å². The molecule has 0 aromatic carbocycles. The van der Waals surface area contributed by atoms with Crippen LogP contribution in [0.25, 0.3) is 0 Å². The first-order chi connectivity index (χ1) is 9.83. The summed E-state index contributed by atoms with van der Waals surface area (Å²) in [6.07, 6.45) is 5.52. The van der Waals surface area contributed by atoms with Gasteiger partial charge in [0.05, 0.1) is 24.3 Å². The van der Waals surface area contributed by atoms with E-state index in [-0.39, 0.29) is 5.91 Å². The molecule has 7 nitrogen and oxygen atoms in total. The molecular formula is C12H16N6OS. The summed E-state index contributed by atoms with van der Waals surface area (Å²) in [5.41, 5.74) is 2.11. The van der Waals surface area contributed by atoms with Crippen LogP contribution in [0.4, 0.5) is 0 Å². The molecule has 20 heavy (non-hydrogen) atoms. The second-order valence-corrected chi connectivity index (χ2v) is 5.69. The first-order valence-electron chi connectivity index (χ1n) is 6.61. The van der Waals surface area contributed by atoms with Crippen molar-refractivity contribution in [1.29, 1.82) is 0 Å². The maximum Gasteiger partial charge on any atom is 0.273 e. The van der Waals surface area contributed by atoms with Crippen LogP contribution in [-0.4, -0.2) is 39.0 Å². The number of nitrogens with zero attached hydrogens (tertiary/aromatic N) is 4. The zero-order valence-corrected chi connectivity index (χ0v) is 11.8. The van der Waals surface area contributed by atoms with Crippen LogP contribution in [0, 0.1) is 0 Å². The number of nitrogens with one attached hydrogen (secondary N) is 2. The summed E-state index contributed by atoms with van der Waals surface area (Å²) in [5.74, 6) is -0.196. The first-order valence-corrected chi connectivity index (χ1v) is 7.49. The van der Waals surface area contributed by atoms with Crippen LogP contribution in [0.5, 0.6) is 0 Å². The number of hydrogen-bond acceptors (Lipinski definition) is 6. The van der Waals surface area contributed by atoms with Gasteiger partial charge in [-0.25, -0.2) is 4.68 Å². The average molecular weight is 292 g/mol. The molecule has 0 saturated carbocycles. The molecule has 8 heteroatoms. The van der Waals surface area contributed by atoms with Crippen molar-refractivity contribution in [2.24, 2.45) is 0 Å². The van der Waals surface area contributed by atoms with Crippen molar-refractivity contribution in [1.82, 2.24) is 30.6 Å². The van der Waals surface area contributed by atoms with Gasteiger partial charge in [0.1, 0.15) is 0 Å². The Morgan fingerprint density at radius 2 is 2.35 bits per heavy atom. The lowest BCUT2D eigenvalue weighted by Gasteiger charge is -2.22. The van der Waals surface area contributed by atoms with Crippen LogP contribution in [-0.2, 0) is 6.54 Å². The molecule has 1 aliphatic rings. The third-order valence-corrected chi connectivity index (χ3v) is 4.11. The largest absolute Gasteiger partial charge is 0.346 e. The van der Waals surface area contributed by atoms with E-state index in [2.05, 4.69) is 25.9 Å². The van der Waals surface area contributed by atoms with E-state index >= 15 is 0 Å². The Hall–Kier alpha value is -1.80. The van der Waals surface area contributed by atoms with Crippen molar-refractivity contribution in [3.63, 3.8) is 0 Å². The minimum absolute atomic E-state index is 0.196. The zero-order chi connectivity index (χ0) is 13.8. The smallest absolute Gasteiger partial charge is 0.273 e. The second-order valence-electron chi connectivity index (χ2n) is 4.72. The molecule has 0 aliphatic carbocycles. The minimum atomic E-state index is -0.196. The van der Waals surface area contributed by atoms with Gasteiger partial charge in [0.25, 0.3) is 5.91 Å². The molecular weight excluding hydrogens is 276 g/mol. The van der Waals surface area contributed by atoms with Gasteiger partial charge in [-0.3, -0.25) is 9.78 Å². The van der Waals surface area contributed by atoms with E-state index in [9.17, 15) is 4.79 Å². The van der Waals surface area contributed by atoms with Crippen LogP contribution in [0.3, 0.4) is 0 Å². The summed E-state index contributed by atoms with van der Waals surface area (Å²) in [5, 5.41) is 14.2. The Labute approximate surface area is 120 Å². The molecule has 0 bridgehead atoms. The van der Waals surface area contributed by atoms with E-state index in [1.165, 1.54) is 11.3 Å². The highest BCUT2D eigenvalue weighted by molar-refractivity contribution is 7.09. The lowest BCUT2D eigenvalue weighted by molar-refractivity contribution is 0.0946. The highest BCUT2D eigenvalue weighted by atomic mass is 32.1. The quantitative estimate of drug-likeness (QED) is 0.861.